The Hall–Kier alpha value is -0.750. The Bertz CT molecular complexity index is 175. The first-order chi connectivity index (χ1) is 6.20. The lowest BCUT2D eigenvalue weighted by molar-refractivity contribution is -0.121. The molecule has 76 valence electrons. The van der Waals surface area contributed by atoms with Crippen LogP contribution in [0.1, 0.15) is 0 Å². The van der Waals surface area contributed by atoms with Gasteiger partial charge in [0.1, 0.15) is 0 Å². The van der Waals surface area contributed by atoms with Crippen molar-refractivity contribution in [3.05, 3.63) is 0 Å². The van der Waals surface area contributed by atoms with Gasteiger partial charge in [0.05, 0.1) is 12.3 Å². The normalized spacial score (nSPS) is 9.38. The Balaban J connectivity index is 3.25. The molecule has 0 heterocycles. The van der Waals surface area contributed by atoms with Gasteiger partial charge in [0.15, 0.2) is 0 Å². The summed E-state index contributed by atoms with van der Waals surface area (Å²) in [5.74, 6) is -0.0430. The summed E-state index contributed by atoms with van der Waals surface area (Å²) in [6.07, 6.45) is 0. The van der Waals surface area contributed by atoms with Crippen LogP contribution >= 0.6 is 12.6 Å². The smallest absolute Gasteiger partial charge is 0.234 e. The van der Waals surface area contributed by atoms with Crippen molar-refractivity contribution < 1.29 is 9.59 Å². The zero-order valence-electron chi connectivity index (χ0n) is 7.59. The molecule has 0 saturated heterocycles. The van der Waals surface area contributed by atoms with E-state index in [4.69, 9.17) is 0 Å². The highest BCUT2D eigenvalue weighted by molar-refractivity contribution is 7.81. The van der Waals surface area contributed by atoms with Crippen LogP contribution in [0.4, 0.5) is 0 Å². The van der Waals surface area contributed by atoms with E-state index in [0.717, 1.165) is 0 Å². The van der Waals surface area contributed by atoms with Crippen LogP contribution in [0.25, 0.3) is 0 Å². The third-order valence-corrected chi connectivity index (χ3v) is 1.54. The van der Waals surface area contributed by atoms with Crippen LogP contribution in [-0.4, -0.2) is 44.2 Å². The zero-order chi connectivity index (χ0) is 10.1. The average Bonchev–Trinajstić information content (AvgIpc) is 2.12. The number of amides is 2. The number of hydrogen-bond donors (Lipinski definition) is 4. The van der Waals surface area contributed by atoms with E-state index in [1.165, 1.54) is 0 Å². The standard InChI is InChI=1S/C7H15N3O2S/c1-8-4-6(11)9-2-3-10-7(12)5-13/h8,13H,2-5H2,1H3,(H,9,11)(H,10,12). The molecule has 6 heteroatoms. The van der Waals surface area contributed by atoms with Crippen LogP contribution in [-0.2, 0) is 9.59 Å². The lowest BCUT2D eigenvalue weighted by Gasteiger charge is -2.05. The van der Waals surface area contributed by atoms with E-state index >= 15 is 0 Å². The maximum Gasteiger partial charge on any atom is 0.234 e. The van der Waals surface area contributed by atoms with Crippen molar-refractivity contribution >= 4 is 24.4 Å². The van der Waals surface area contributed by atoms with Crippen LogP contribution < -0.4 is 16.0 Å². The number of carbonyl (C=O) groups excluding carboxylic acids is 2. The van der Waals surface area contributed by atoms with Crippen molar-refractivity contribution in [1.29, 1.82) is 0 Å². The Labute approximate surface area is 83.1 Å². The second-order valence-electron chi connectivity index (χ2n) is 2.39. The molecular weight excluding hydrogens is 190 g/mol. The Morgan fingerprint density at radius 2 is 1.69 bits per heavy atom. The predicted molar refractivity (Wildman–Crippen MR) is 53.8 cm³/mol. The molecule has 0 bridgehead atoms. The van der Waals surface area contributed by atoms with Crippen LogP contribution in [0.2, 0.25) is 0 Å². The summed E-state index contributed by atoms with van der Waals surface area (Å²) < 4.78 is 0. The Kier molecular flexibility index (Phi) is 7.42. The molecule has 0 aromatic heterocycles. The molecular formula is C7H15N3O2S. The minimum atomic E-state index is -0.133. The maximum absolute atomic E-state index is 10.9. The van der Waals surface area contributed by atoms with Crippen molar-refractivity contribution in [3.63, 3.8) is 0 Å². The topological polar surface area (TPSA) is 70.2 Å². The zero-order valence-corrected chi connectivity index (χ0v) is 8.49. The molecule has 0 aliphatic heterocycles. The summed E-state index contributed by atoms with van der Waals surface area (Å²) in [5.41, 5.74) is 0. The van der Waals surface area contributed by atoms with Gasteiger partial charge in [0, 0.05) is 13.1 Å². The molecule has 0 rings (SSSR count). The summed E-state index contributed by atoms with van der Waals surface area (Å²) in [6, 6.07) is 0. The molecule has 0 atom stereocenters. The number of rotatable bonds is 6. The number of likely N-dealkylation sites (N-methyl/N-ethyl adjacent to an activating group) is 1. The molecule has 0 radical (unpaired) electrons. The van der Waals surface area contributed by atoms with E-state index < -0.39 is 0 Å². The highest BCUT2D eigenvalue weighted by Crippen LogP contribution is 1.71. The lowest BCUT2D eigenvalue weighted by Crippen LogP contribution is -2.38. The van der Waals surface area contributed by atoms with Crippen LogP contribution in [0.3, 0.4) is 0 Å². The van der Waals surface area contributed by atoms with Crippen molar-refractivity contribution in [3.8, 4) is 0 Å². The quantitative estimate of drug-likeness (QED) is 0.311. The second-order valence-corrected chi connectivity index (χ2v) is 2.70. The van der Waals surface area contributed by atoms with E-state index in [1.807, 2.05) is 0 Å². The van der Waals surface area contributed by atoms with Gasteiger partial charge in [0.2, 0.25) is 11.8 Å². The van der Waals surface area contributed by atoms with Crippen molar-refractivity contribution in [1.82, 2.24) is 16.0 Å². The molecule has 0 aromatic rings. The number of hydrogen-bond acceptors (Lipinski definition) is 4. The molecule has 0 fully saturated rings. The largest absolute Gasteiger partial charge is 0.354 e. The van der Waals surface area contributed by atoms with Gasteiger partial charge < -0.3 is 16.0 Å². The van der Waals surface area contributed by atoms with Crippen LogP contribution in [0, 0.1) is 0 Å². The van der Waals surface area contributed by atoms with Gasteiger partial charge in [-0.05, 0) is 7.05 Å². The van der Waals surface area contributed by atoms with Gasteiger partial charge in [-0.25, -0.2) is 0 Å². The van der Waals surface area contributed by atoms with Gasteiger partial charge in [0.25, 0.3) is 0 Å². The lowest BCUT2D eigenvalue weighted by atomic mass is 10.5. The highest BCUT2D eigenvalue weighted by Gasteiger charge is 1.98. The van der Waals surface area contributed by atoms with E-state index in [-0.39, 0.29) is 17.6 Å². The highest BCUT2D eigenvalue weighted by atomic mass is 32.1. The van der Waals surface area contributed by atoms with Crippen molar-refractivity contribution in [2.75, 3.05) is 32.4 Å². The van der Waals surface area contributed by atoms with E-state index in [9.17, 15) is 9.59 Å². The molecule has 5 nitrogen and oxygen atoms in total. The monoisotopic (exact) mass is 205 g/mol. The molecule has 2 amide bonds. The molecule has 13 heavy (non-hydrogen) atoms. The van der Waals surface area contributed by atoms with E-state index in [1.54, 1.807) is 7.05 Å². The fraction of sp³-hybridized carbons (Fsp3) is 0.714. The van der Waals surface area contributed by atoms with E-state index in [0.29, 0.717) is 19.6 Å². The summed E-state index contributed by atoms with van der Waals surface area (Å²) in [4.78, 5) is 21.5. The van der Waals surface area contributed by atoms with Crippen LogP contribution in [0.15, 0.2) is 0 Å². The molecule has 0 unspecified atom stereocenters. The minimum Gasteiger partial charge on any atom is -0.354 e. The molecule has 0 aliphatic carbocycles. The van der Waals surface area contributed by atoms with Gasteiger partial charge in [-0.15, -0.1) is 0 Å². The summed E-state index contributed by atoms with van der Waals surface area (Å²) in [7, 11) is 1.70. The summed E-state index contributed by atoms with van der Waals surface area (Å²) >= 11 is 3.78. The fourth-order valence-corrected chi connectivity index (χ4v) is 0.795. The van der Waals surface area contributed by atoms with Crippen molar-refractivity contribution in [2.45, 2.75) is 0 Å². The maximum atomic E-state index is 10.9. The first-order valence-electron chi connectivity index (χ1n) is 3.99. The number of carbonyl (C=O) groups is 2. The Morgan fingerprint density at radius 1 is 1.15 bits per heavy atom. The molecule has 0 aliphatic rings. The predicted octanol–water partition coefficient (Wildman–Crippen LogP) is -1.63. The van der Waals surface area contributed by atoms with Gasteiger partial charge in [-0.1, -0.05) is 0 Å². The molecule has 0 saturated carbocycles. The first-order valence-corrected chi connectivity index (χ1v) is 4.62. The summed E-state index contributed by atoms with van der Waals surface area (Å²) in [6.45, 7) is 1.18. The van der Waals surface area contributed by atoms with Crippen molar-refractivity contribution in [2.24, 2.45) is 0 Å². The van der Waals surface area contributed by atoms with Gasteiger partial charge in [-0.3, -0.25) is 9.59 Å². The third kappa shape index (κ3) is 7.61. The third-order valence-electron chi connectivity index (χ3n) is 1.25. The SMILES string of the molecule is CNCC(=O)NCCNC(=O)CS. The summed E-state index contributed by atoms with van der Waals surface area (Å²) in [5, 5.41) is 7.92. The second kappa shape index (κ2) is 7.88. The van der Waals surface area contributed by atoms with Gasteiger partial charge >= 0.3 is 0 Å². The fourth-order valence-electron chi connectivity index (χ4n) is 0.683. The number of nitrogens with one attached hydrogen (secondary N) is 3. The number of thiol groups is 1. The Morgan fingerprint density at radius 3 is 2.15 bits per heavy atom. The molecule has 3 N–H and O–H groups in total. The first kappa shape index (κ1) is 12.2. The minimum absolute atomic E-state index is 0.0809. The molecule has 0 spiro atoms. The van der Waals surface area contributed by atoms with E-state index in [2.05, 4.69) is 28.6 Å². The van der Waals surface area contributed by atoms with Crippen LogP contribution in [0.5, 0.6) is 0 Å². The average molecular weight is 205 g/mol. The molecule has 0 aromatic carbocycles. The van der Waals surface area contributed by atoms with Gasteiger partial charge in [-0.2, -0.15) is 12.6 Å².